The molecule has 1 aromatic carbocycles. The summed E-state index contributed by atoms with van der Waals surface area (Å²) in [6.07, 6.45) is 4.40. The van der Waals surface area contributed by atoms with Crippen LogP contribution in [0.1, 0.15) is 20.8 Å². The summed E-state index contributed by atoms with van der Waals surface area (Å²) in [5.41, 5.74) is 2.70. The van der Waals surface area contributed by atoms with E-state index in [9.17, 15) is 10.1 Å². The van der Waals surface area contributed by atoms with Crippen LogP contribution >= 0.6 is 11.6 Å². The van der Waals surface area contributed by atoms with Crippen molar-refractivity contribution in [3.63, 3.8) is 0 Å². The highest BCUT2D eigenvalue weighted by molar-refractivity contribution is 6.68. The number of nitro groups is 1. The first-order valence-corrected chi connectivity index (χ1v) is 9.21. The second-order valence-corrected chi connectivity index (χ2v) is 7.26. The molecule has 0 N–H and O–H groups in total. The Morgan fingerprint density at radius 3 is 2.89 bits per heavy atom. The summed E-state index contributed by atoms with van der Waals surface area (Å²) in [5.74, 6) is 0.949. The van der Waals surface area contributed by atoms with Gasteiger partial charge in [-0.1, -0.05) is 43.6 Å². The van der Waals surface area contributed by atoms with Gasteiger partial charge in [-0.05, 0) is 29.2 Å². The number of aliphatic imine (C=N–C) groups is 1. The molecule has 0 bridgehead atoms. The molecule has 9 heteroatoms. The van der Waals surface area contributed by atoms with Crippen molar-refractivity contribution in [2.75, 3.05) is 6.54 Å². The number of benzene rings is 1. The van der Waals surface area contributed by atoms with Crippen LogP contribution in [0.3, 0.4) is 0 Å². The maximum atomic E-state index is 11.0. The van der Waals surface area contributed by atoms with E-state index >= 15 is 0 Å². The van der Waals surface area contributed by atoms with Crippen LogP contribution in [0.5, 0.6) is 0 Å². The standard InChI is InChI=1S/C19H19ClN6O2/c1-13(2)16-12-23(25-8-7-18(20)22-19(16)25)10-14-5-3-4-6-17(14)24-11-15(9-21-24)26(27)28/h3-9,11,13H,10,12H2,1-2H3/i8D. The predicted octanol–water partition coefficient (Wildman–Crippen LogP) is 3.85. The minimum Gasteiger partial charge on any atom is -0.264 e. The molecule has 0 amide bonds. The predicted molar refractivity (Wildman–Crippen MR) is 107 cm³/mol. The zero-order valence-corrected chi connectivity index (χ0v) is 16.2. The highest BCUT2D eigenvalue weighted by Gasteiger charge is 2.32. The second kappa shape index (κ2) is 7.21. The van der Waals surface area contributed by atoms with E-state index in [1.807, 2.05) is 29.3 Å². The van der Waals surface area contributed by atoms with Crippen molar-refractivity contribution in [1.82, 2.24) is 19.8 Å². The van der Waals surface area contributed by atoms with E-state index in [0.29, 0.717) is 24.1 Å². The third-order valence-corrected chi connectivity index (χ3v) is 4.90. The molecule has 0 spiro atoms. The molecule has 2 aliphatic rings. The van der Waals surface area contributed by atoms with Gasteiger partial charge in [0.25, 0.3) is 0 Å². The third kappa shape index (κ3) is 3.32. The van der Waals surface area contributed by atoms with E-state index in [0.717, 1.165) is 16.8 Å². The number of allylic oxidation sites excluding steroid dienone is 1. The number of rotatable bonds is 5. The van der Waals surface area contributed by atoms with Gasteiger partial charge >= 0.3 is 5.69 Å². The van der Waals surface area contributed by atoms with Crippen LogP contribution in [0, 0.1) is 16.0 Å². The fourth-order valence-corrected chi connectivity index (χ4v) is 3.42. The van der Waals surface area contributed by atoms with Gasteiger partial charge in [0.05, 0.1) is 12.0 Å². The Hall–Kier alpha value is -2.97. The van der Waals surface area contributed by atoms with Crippen molar-refractivity contribution in [2.45, 2.75) is 20.4 Å². The van der Waals surface area contributed by atoms with Crippen LogP contribution in [-0.2, 0) is 6.54 Å². The van der Waals surface area contributed by atoms with E-state index in [1.165, 1.54) is 23.2 Å². The van der Waals surface area contributed by atoms with Gasteiger partial charge in [0.15, 0.2) is 0 Å². The Morgan fingerprint density at radius 2 is 2.18 bits per heavy atom. The Morgan fingerprint density at radius 1 is 1.39 bits per heavy atom. The molecule has 4 rings (SSSR count). The van der Waals surface area contributed by atoms with E-state index in [4.69, 9.17) is 13.0 Å². The van der Waals surface area contributed by atoms with Gasteiger partial charge in [-0.2, -0.15) is 5.10 Å². The number of aromatic nitrogens is 2. The maximum absolute atomic E-state index is 11.0. The fraction of sp³-hybridized carbons (Fsp3) is 0.263. The van der Waals surface area contributed by atoms with Gasteiger partial charge in [-0.25, -0.2) is 14.7 Å². The van der Waals surface area contributed by atoms with Gasteiger partial charge in [0.2, 0.25) is 0 Å². The average molecular weight is 400 g/mol. The summed E-state index contributed by atoms with van der Waals surface area (Å²) < 4.78 is 9.88. The van der Waals surface area contributed by atoms with Crippen LogP contribution in [0.25, 0.3) is 5.69 Å². The average Bonchev–Trinajstić information content (AvgIpc) is 3.28. The zero-order valence-electron chi connectivity index (χ0n) is 16.4. The van der Waals surface area contributed by atoms with Crippen molar-refractivity contribution in [3.05, 3.63) is 76.0 Å². The van der Waals surface area contributed by atoms with Crippen LogP contribution in [0.2, 0.25) is 0 Å². The molecule has 1 aromatic heterocycles. The number of fused-ring (bicyclic) bond motifs is 1. The highest BCUT2D eigenvalue weighted by Crippen LogP contribution is 2.33. The maximum Gasteiger partial charge on any atom is 0.307 e. The lowest BCUT2D eigenvalue weighted by molar-refractivity contribution is -0.384. The summed E-state index contributed by atoms with van der Waals surface area (Å²) in [6.45, 7) is 5.27. The summed E-state index contributed by atoms with van der Waals surface area (Å²) in [4.78, 5) is 15.0. The fourth-order valence-electron chi connectivity index (χ4n) is 3.29. The molecule has 0 saturated carbocycles. The number of nitrogens with zero attached hydrogens (tertiary/aromatic N) is 6. The highest BCUT2D eigenvalue weighted by atomic mass is 35.5. The Balaban J connectivity index is 1.67. The lowest BCUT2D eigenvalue weighted by Crippen LogP contribution is -2.34. The smallest absolute Gasteiger partial charge is 0.264 e. The molecule has 0 radical (unpaired) electrons. The zero-order chi connectivity index (χ0) is 20.7. The Kier molecular flexibility index (Phi) is 4.42. The van der Waals surface area contributed by atoms with Crippen LogP contribution in [0.4, 0.5) is 5.69 Å². The first kappa shape index (κ1) is 17.2. The lowest BCUT2D eigenvalue weighted by Gasteiger charge is -2.29. The number of halogens is 1. The molecule has 3 heterocycles. The molecule has 0 fully saturated rings. The molecule has 0 aliphatic carbocycles. The number of para-hydroxylation sites is 1. The number of hydrogen-bond acceptors (Lipinski definition) is 6. The molecule has 2 aromatic rings. The lowest BCUT2D eigenvalue weighted by atomic mass is 10.0. The molecule has 144 valence electrons. The molecular weight excluding hydrogens is 380 g/mol. The minimum absolute atomic E-state index is 0.0663. The largest absolute Gasteiger partial charge is 0.307 e. The molecular formula is C19H19ClN6O2. The van der Waals surface area contributed by atoms with Crippen molar-refractivity contribution in [2.24, 2.45) is 10.9 Å². The monoisotopic (exact) mass is 399 g/mol. The van der Waals surface area contributed by atoms with Crippen molar-refractivity contribution >= 4 is 22.5 Å². The van der Waals surface area contributed by atoms with Gasteiger partial charge < -0.3 is 0 Å². The summed E-state index contributed by atoms with van der Waals surface area (Å²) in [6, 6.07) is 7.58. The van der Waals surface area contributed by atoms with Crippen LogP contribution in [0.15, 0.2) is 65.3 Å². The first-order valence-electron chi connectivity index (χ1n) is 9.33. The first-order chi connectivity index (χ1) is 13.8. The van der Waals surface area contributed by atoms with E-state index in [-0.39, 0.29) is 17.8 Å². The molecule has 0 atom stereocenters. The molecule has 2 aliphatic heterocycles. The molecule has 0 saturated heterocycles. The number of hydrogen-bond donors (Lipinski definition) is 0. The second-order valence-electron chi connectivity index (χ2n) is 6.87. The van der Waals surface area contributed by atoms with E-state index in [1.54, 1.807) is 5.01 Å². The third-order valence-electron chi connectivity index (χ3n) is 4.71. The molecule has 28 heavy (non-hydrogen) atoms. The van der Waals surface area contributed by atoms with Gasteiger partial charge in [-0.3, -0.25) is 15.1 Å². The SMILES string of the molecule is [2H]C1=CC(Cl)=NC2=C(C(C)C)CN(Cc3ccccc3-n3cc([N+](=O)[O-])cn3)N12. The van der Waals surface area contributed by atoms with Crippen molar-refractivity contribution in [1.29, 1.82) is 0 Å². The van der Waals surface area contributed by atoms with Crippen molar-refractivity contribution < 1.29 is 6.29 Å². The number of hydrazine groups is 1. The Labute approximate surface area is 168 Å². The van der Waals surface area contributed by atoms with Crippen LogP contribution < -0.4 is 0 Å². The summed E-state index contributed by atoms with van der Waals surface area (Å²) in [7, 11) is 0. The quantitative estimate of drug-likeness (QED) is 0.563. The van der Waals surface area contributed by atoms with Gasteiger partial charge in [0, 0.05) is 19.3 Å². The summed E-state index contributed by atoms with van der Waals surface area (Å²) >= 11 is 6.10. The van der Waals surface area contributed by atoms with Gasteiger partial charge in [0.1, 0.15) is 23.4 Å². The van der Waals surface area contributed by atoms with Crippen LogP contribution in [-0.4, -0.2) is 36.4 Å². The van der Waals surface area contributed by atoms with Gasteiger partial charge in [-0.15, -0.1) is 0 Å². The van der Waals surface area contributed by atoms with Crippen molar-refractivity contribution in [3.8, 4) is 5.69 Å². The summed E-state index contributed by atoms with van der Waals surface area (Å²) in [5, 5.41) is 19.2. The minimum atomic E-state index is -0.468. The molecule has 0 unspecified atom stereocenters. The van der Waals surface area contributed by atoms with E-state index in [2.05, 4.69) is 23.9 Å². The Bertz CT molecular complexity index is 1070. The molecule has 8 nitrogen and oxygen atoms in total. The van der Waals surface area contributed by atoms with E-state index < -0.39 is 4.92 Å². The topological polar surface area (TPSA) is 79.8 Å². The normalized spacial score (nSPS) is 17.6.